The lowest BCUT2D eigenvalue weighted by atomic mass is 10.2. The van der Waals surface area contributed by atoms with Gasteiger partial charge in [-0.2, -0.15) is 0 Å². The van der Waals surface area contributed by atoms with Gasteiger partial charge in [-0.05, 0) is 30.7 Å². The minimum Gasteiger partial charge on any atom is -0.399 e. The Hall–Kier alpha value is -2.08. The lowest BCUT2D eigenvalue weighted by molar-refractivity contribution is -0.121. The molecule has 0 bridgehead atoms. The van der Waals surface area contributed by atoms with Gasteiger partial charge in [0.05, 0.1) is 6.54 Å². The number of nitrogens with one attached hydrogen (secondary N) is 1. The van der Waals surface area contributed by atoms with Crippen LogP contribution in [0.3, 0.4) is 0 Å². The number of methoxy groups -OCH3 is 1. The molecule has 1 rings (SSSR count). The van der Waals surface area contributed by atoms with Gasteiger partial charge in [0, 0.05) is 38.6 Å². The van der Waals surface area contributed by atoms with Gasteiger partial charge in [-0.25, -0.2) is 0 Å². The Kier molecular flexibility index (Phi) is 6.52. The highest BCUT2D eigenvalue weighted by molar-refractivity contribution is 5.96. The predicted octanol–water partition coefficient (Wildman–Crippen LogP) is 0.494. The molecule has 6 nitrogen and oxygen atoms in total. The number of nitrogen functional groups attached to an aromatic ring is 1. The van der Waals surface area contributed by atoms with Crippen LogP contribution in [0.4, 0.5) is 5.69 Å². The van der Waals surface area contributed by atoms with Crippen molar-refractivity contribution in [1.82, 2.24) is 10.2 Å². The standard InChI is InChI=1S/C14H21N3O3/c1-17(10-13(18)16-8-3-9-20-2)14(19)11-4-6-12(15)7-5-11/h4-7H,3,8-10,15H2,1-2H3,(H,16,18). The number of anilines is 1. The van der Waals surface area contributed by atoms with Crippen molar-refractivity contribution in [3.05, 3.63) is 29.8 Å². The molecular formula is C14H21N3O3. The molecule has 0 heterocycles. The molecule has 0 saturated carbocycles. The lowest BCUT2D eigenvalue weighted by Crippen LogP contribution is -2.38. The first-order valence-electron chi connectivity index (χ1n) is 6.41. The highest BCUT2D eigenvalue weighted by Crippen LogP contribution is 2.07. The molecule has 0 spiro atoms. The first-order valence-corrected chi connectivity index (χ1v) is 6.41. The summed E-state index contributed by atoms with van der Waals surface area (Å²) in [5.74, 6) is -0.399. The Morgan fingerprint density at radius 2 is 1.95 bits per heavy atom. The SMILES string of the molecule is COCCCNC(=O)CN(C)C(=O)c1ccc(N)cc1. The zero-order chi connectivity index (χ0) is 15.0. The summed E-state index contributed by atoms with van der Waals surface area (Å²) < 4.78 is 4.88. The van der Waals surface area contributed by atoms with E-state index in [1.165, 1.54) is 4.90 Å². The third kappa shape index (κ3) is 5.27. The summed E-state index contributed by atoms with van der Waals surface area (Å²) in [5, 5.41) is 2.73. The third-order valence-electron chi connectivity index (χ3n) is 2.73. The van der Waals surface area contributed by atoms with Crippen molar-refractivity contribution in [3.63, 3.8) is 0 Å². The Balaban J connectivity index is 2.41. The number of likely N-dealkylation sites (N-methyl/N-ethyl adjacent to an activating group) is 1. The van der Waals surface area contributed by atoms with Gasteiger partial charge in [0.1, 0.15) is 0 Å². The quantitative estimate of drug-likeness (QED) is 0.562. The molecule has 2 amide bonds. The monoisotopic (exact) mass is 279 g/mol. The lowest BCUT2D eigenvalue weighted by Gasteiger charge is -2.17. The molecule has 1 aromatic rings. The van der Waals surface area contributed by atoms with Gasteiger partial charge in [-0.3, -0.25) is 9.59 Å². The van der Waals surface area contributed by atoms with Gasteiger partial charge in [-0.1, -0.05) is 0 Å². The van der Waals surface area contributed by atoms with E-state index in [2.05, 4.69) is 5.32 Å². The largest absolute Gasteiger partial charge is 0.399 e. The van der Waals surface area contributed by atoms with Gasteiger partial charge in [-0.15, -0.1) is 0 Å². The average Bonchev–Trinajstić information content (AvgIpc) is 2.43. The second-order valence-corrected chi connectivity index (χ2v) is 4.48. The first kappa shape index (κ1) is 16.0. The molecule has 0 aromatic heterocycles. The van der Waals surface area contributed by atoms with Gasteiger partial charge < -0.3 is 20.7 Å². The van der Waals surface area contributed by atoms with Gasteiger partial charge in [0.15, 0.2) is 0 Å². The Morgan fingerprint density at radius 1 is 1.30 bits per heavy atom. The van der Waals surface area contributed by atoms with Crippen molar-refractivity contribution in [1.29, 1.82) is 0 Å². The molecule has 0 unspecified atom stereocenters. The summed E-state index contributed by atoms with van der Waals surface area (Å²) in [6, 6.07) is 6.60. The fraction of sp³-hybridized carbons (Fsp3) is 0.429. The number of hydrogen-bond acceptors (Lipinski definition) is 4. The van der Waals surface area contributed by atoms with E-state index in [4.69, 9.17) is 10.5 Å². The molecule has 0 atom stereocenters. The van der Waals surface area contributed by atoms with Crippen molar-refractivity contribution in [2.24, 2.45) is 0 Å². The maximum atomic E-state index is 12.1. The number of rotatable bonds is 7. The van der Waals surface area contributed by atoms with Gasteiger partial charge in [0.25, 0.3) is 5.91 Å². The van der Waals surface area contributed by atoms with Crippen LogP contribution in [0.25, 0.3) is 0 Å². The van der Waals surface area contributed by atoms with E-state index < -0.39 is 0 Å². The number of carbonyl (C=O) groups is 2. The van der Waals surface area contributed by atoms with Crippen LogP contribution in [0.2, 0.25) is 0 Å². The summed E-state index contributed by atoms with van der Waals surface area (Å²) in [6.07, 6.45) is 0.748. The number of ether oxygens (including phenoxy) is 1. The number of nitrogens with two attached hydrogens (primary N) is 1. The average molecular weight is 279 g/mol. The zero-order valence-corrected chi connectivity index (χ0v) is 11.9. The molecule has 0 fully saturated rings. The van der Waals surface area contributed by atoms with Crippen LogP contribution in [0.15, 0.2) is 24.3 Å². The van der Waals surface area contributed by atoms with E-state index in [0.29, 0.717) is 24.4 Å². The summed E-state index contributed by atoms with van der Waals surface area (Å²) in [7, 11) is 3.20. The second kappa shape index (κ2) is 8.16. The molecule has 0 aliphatic heterocycles. The van der Waals surface area contributed by atoms with Crippen molar-refractivity contribution < 1.29 is 14.3 Å². The molecule has 0 aliphatic carbocycles. The summed E-state index contributed by atoms with van der Waals surface area (Å²) >= 11 is 0. The van der Waals surface area contributed by atoms with Crippen LogP contribution in [0, 0.1) is 0 Å². The molecule has 0 radical (unpaired) electrons. The van der Waals surface area contributed by atoms with Crippen molar-refractivity contribution in [2.45, 2.75) is 6.42 Å². The van der Waals surface area contributed by atoms with Crippen LogP contribution in [0.5, 0.6) is 0 Å². The van der Waals surface area contributed by atoms with E-state index in [9.17, 15) is 9.59 Å². The topological polar surface area (TPSA) is 84.7 Å². The molecule has 0 saturated heterocycles. The smallest absolute Gasteiger partial charge is 0.254 e. The third-order valence-corrected chi connectivity index (χ3v) is 2.73. The highest BCUT2D eigenvalue weighted by atomic mass is 16.5. The van der Waals surface area contributed by atoms with Gasteiger partial charge >= 0.3 is 0 Å². The number of carbonyl (C=O) groups excluding carboxylic acids is 2. The van der Waals surface area contributed by atoms with E-state index in [-0.39, 0.29) is 18.4 Å². The van der Waals surface area contributed by atoms with Gasteiger partial charge in [0.2, 0.25) is 5.91 Å². The molecule has 20 heavy (non-hydrogen) atoms. The van der Waals surface area contributed by atoms with Crippen LogP contribution < -0.4 is 11.1 Å². The fourth-order valence-electron chi connectivity index (χ4n) is 1.63. The fourth-order valence-corrected chi connectivity index (χ4v) is 1.63. The van der Waals surface area contributed by atoms with E-state index in [0.717, 1.165) is 6.42 Å². The van der Waals surface area contributed by atoms with Crippen LogP contribution in [-0.4, -0.2) is 50.6 Å². The van der Waals surface area contributed by atoms with Crippen LogP contribution >= 0.6 is 0 Å². The van der Waals surface area contributed by atoms with E-state index in [1.807, 2.05) is 0 Å². The second-order valence-electron chi connectivity index (χ2n) is 4.48. The van der Waals surface area contributed by atoms with Crippen LogP contribution in [-0.2, 0) is 9.53 Å². The van der Waals surface area contributed by atoms with Crippen molar-refractivity contribution in [2.75, 3.05) is 39.6 Å². The van der Waals surface area contributed by atoms with E-state index in [1.54, 1.807) is 38.4 Å². The Morgan fingerprint density at radius 3 is 2.55 bits per heavy atom. The molecular weight excluding hydrogens is 258 g/mol. The first-order chi connectivity index (χ1) is 9.54. The maximum absolute atomic E-state index is 12.1. The number of nitrogens with zero attached hydrogens (tertiary/aromatic N) is 1. The maximum Gasteiger partial charge on any atom is 0.254 e. The summed E-state index contributed by atoms with van der Waals surface area (Å²) in [6.45, 7) is 1.16. The van der Waals surface area contributed by atoms with Crippen molar-refractivity contribution >= 4 is 17.5 Å². The highest BCUT2D eigenvalue weighted by Gasteiger charge is 2.14. The number of hydrogen-bond donors (Lipinski definition) is 2. The zero-order valence-electron chi connectivity index (χ0n) is 11.9. The molecule has 3 N–H and O–H groups in total. The van der Waals surface area contributed by atoms with Crippen molar-refractivity contribution in [3.8, 4) is 0 Å². The predicted molar refractivity (Wildman–Crippen MR) is 77.3 cm³/mol. The minimum absolute atomic E-state index is 0.0240. The molecule has 110 valence electrons. The van der Waals surface area contributed by atoms with Crippen LogP contribution in [0.1, 0.15) is 16.8 Å². The number of benzene rings is 1. The molecule has 1 aromatic carbocycles. The Bertz CT molecular complexity index is 445. The van der Waals surface area contributed by atoms with E-state index >= 15 is 0 Å². The summed E-state index contributed by atoms with van der Waals surface area (Å²) in [5.41, 5.74) is 6.67. The molecule has 0 aliphatic rings. The number of amides is 2. The normalized spacial score (nSPS) is 10.1. The Labute approximate surface area is 118 Å². The molecule has 6 heteroatoms. The summed E-state index contributed by atoms with van der Waals surface area (Å²) in [4.78, 5) is 25.1. The minimum atomic E-state index is -0.211.